The highest BCUT2D eigenvalue weighted by Gasteiger charge is 2.35. The van der Waals surface area contributed by atoms with Gasteiger partial charge in [0, 0.05) is 25.2 Å². The lowest BCUT2D eigenvalue weighted by Crippen LogP contribution is -2.36. The molecule has 4 heteroatoms. The minimum absolute atomic E-state index is 0.0226. The van der Waals surface area contributed by atoms with Crippen molar-refractivity contribution < 1.29 is 9.59 Å². The van der Waals surface area contributed by atoms with Crippen LogP contribution in [0.1, 0.15) is 51.5 Å². The highest BCUT2D eigenvalue weighted by atomic mass is 16.2. The number of hydrogen-bond acceptors (Lipinski definition) is 2. The van der Waals surface area contributed by atoms with Gasteiger partial charge in [-0.3, -0.25) is 9.59 Å². The van der Waals surface area contributed by atoms with Gasteiger partial charge in [-0.2, -0.15) is 0 Å². The number of aryl methyl sites for hydroxylation is 1. The molecule has 2 rings (SSSR count). The van der Waals surface area contributed by atoms with Gasteiger partial charge in [-0.1, -0.05) is 51.3 Å². The third-order valence-electron chi connectivity index (χ3n) is 5.01. The van der Waals surface area contributed by atoms with Gasteiger partial charge in [0.25, 0.3) is 0 Å². The van der Waals surface area contributed by atoms with Crippen molar-refractivity contribution in [2.45, 2.75) is 52.9 Å². The summed E-state index contributed by atoms with van der Waals surface area (Å²) in [6.45, 7) is 7.57. The third kappa shape index (κ3) is 4.59. The van der Waals surface area contributed by atoms with Crippen molar-refractivity contribution in [2.75, 3.05) is 18.0 Å². The van der Waals surface area contributed by atoms with Crippen LogP contribution in [0.2, 0.25) is 0 Å². The van der Waals surface area contributed by atoms with E-state index in [1.54, 1.807) is 4.90 Å². The van der Waals surface area contributed by atoms with Gasteiger partial charge in [-0.05, 0) is 30.9 Å². The number of benzene rings is 1. The maximum Gasteiger partial charge on any atom is 0.227 e. The average Bonchev–Trinajstić information content (AvgIpc) is 2.97. The van der Waals surface area contributed by atoms with Crippen molar-refractivity contribution in [3.05, 3.63) is 29.8 Å². The number of rotatable bonds is 8. The molecule has 1 aliphatic heterocycles. The zero-order valence-corrected chi connectivity index (χ0v) is 15.2. The summed E-state index contributed by atoms with van der Waals surface area (Å²) >= 11 is 0. The Kier molecular flexibility index (Phi) is 6.83. The van der Waals surface area contributed by atoms with Crippen molar-refractivity contribution in [1.29, 1.82) is 0 Å². The smallest absolute Gasteiger partial charge is 0.227 e. The molecular weight excluding hydrogens is 300 g/mol. The molecule has 1 aromatic carbocycles. The van der Waals surface area contributed by atoms with E-state index in [9.17, 15) is 9.59 Å². The van der Waals surface area contributed by atoms with Gasteiger partial charge in [0.2, 0.25) is 11.8 Å². The van der Waals surface area contributed by atoms with Crippen molar-refractivity contribution >= 4 is 17.5 Å². The van der Waals surface area contributed by atoms with Crippen LogP contribution in [-0.4, -0.2) is 24.9 Å². The minimum atomic E-state index is -0.235. The van der Waals surface area contributed by atoms with Crippen LogP contribution in [0, 0.1) is 18.8 Å². The fraction of sp³-hybridized carbons (Fsp3) is 0.600. The second-order valence-electron chi connectivity index (χ2n) is 6.85. The molecule has 1 aromatic rings. The van der Waals surface area contributed by atoms with Crippen molar-refractivity contribution in [2.24, 2.45) is 11.8 Å². The number of hydrogen-bond donors (Lipinski definition) is 1. The van der Waals surface area contributed by atoms with Crippen LogP contribution in [-0.2, 0) is 9.59 Å². The van der Waals surface area contributed by atoms with Crippen LogP contribution in [0.15, 0.2) is 24.3 Å². The first kappa shape index (κ1) is 18.5. The Morgan fingerprint density at radius 2 is 2.08 bits per heavy atom. The Morgan fingerprint density at radius 3 is 2.75 bits per heavy atom. The Bertz CT molecular complexity index is 571. The summed E-state index contributed by atoms with van der Waals surface area (Å²) in [6, 6.07) is 7.84. The Hall–Kier alpha value is -1.84. The Morgan fingerprint density at radius 1 is 1.33 bits per heavy atom. The van der Waals surface area contributed by atoms with Crippen LogP contribution >= 0.6 is 0 Å². The molecule has 0 aliphatic carbocycles. The summed E-state index contributed by atoms with van der Waals surface area (Å²) in [5.41, 5.74) is 1.99. The highest BCUT2D eigenvalue weighted by Crippen LogP contribution is 2.27. The Labute approximate surface area is 145 Å². The minimum Gasteiger partial charge on any atom is -0.356 e. The highest BCUT2D eigenvalue weighted by molar-refractivity contribution is 6.00. The number of anilines is 1. The standard InChI is InChI=1S/C20H30N2O2/c1-4-6-10-16(5-2)13-21-20(24)17-12-19(23)22(14-17)18-11-8-7-9-15(18)3/h7-9,11,16-17H,4-6,10,12-14H2,1-3H3,(H,21,24)/t16-,17+/m0/s1. The van der Waals surface area contributed by atoms with E-state index < -0.39 is 0 Å². The number of para-hydroxylation sites is 1. The van der Waals surface area contributed by atoms with E-state index in [0.717, 1.165) is 30.6 Å². The average molecular weight is 330 g/mol. The molecule has 0 saturated carbocycles. The normalized spacial score (nSPS) is 18.7. The first-order chi connectivity index (χ1) is 11.6. The van der Waals surface area contributed by atoms with Gasteiger partial charge in [0.1, 0.15) is 0 Å². The summed E-state index contributed by atoms with van der Waals surface area (Å²) in [5.74, 6) is 0.371. The molecule has 1 fully saturated rings. The number of carbonyl (C=O) groups excluding carboxylic acids is 2. The monoisotopic (exact) mass is 330 g/mol. The molecule has 0 bridgehead atoms. The first-order valence-corrected chi connectivity index (χ1v) is 9.20. The van der Waals surface area contributed by atoms with Gasteiger partial charge >= 0.3 is 0 Å². The summed E-state index contributed by atoms with van der Waals surface area (Å²) in [4.78, 5) is 26.5. The zero-order valence-electron chi connectivity index (χ0n) is 15.2. The summed E-state index contributed by atoms with van der Waals surface area (Å²) in [6.07, 6.45) is 4.95. The van der Waals surface area contributed by atoms with Crippen molar-refractivity contribution in [1.82, 2.24) is 5.32 Å². The molecule has 4 nitrogen and oxygen atoms in total. The van der Waals surface area contributed by atoms with Crippen molar-refractivity contribution in [3.63, 3.8) is 0 Å². The van der Waals surface area contributed by atoms with Gasteiger partial charge in [0.05, 0.1) is 5.92 Å². The van der Waals surface area contributed by atoms with Crippen LogP contribution < -0.4 is 10.2 Å². The summed E-state index contributed by atoms with van der Waals surface area (Å²) in [5, 5.41) is 3.07. The Balaban J connectivity index is 1.90. The van der Waals surface area contributed by atoms with Crippen LogP contribution in [0.4, 0.5) is 5.69 Å². The second-order valence-corrected chi connectivity index (χ2v) is 6.85. The molecule has 1 heterocycles. The maximum absolute atomic E-state index is 12.5. The SMILES string of the molecule is CCCC[C@H](CC)CNC(=O)[C@@H]1CC(=O)N(c2ccccc2C)C1. The third-order valence-corrected chi connectivity index (χ3v) is 5.01. The van der Waals surface area contributed by atoms with E-state index >= 15 is 0 Å². The molecule has 0 aromatic heterocycles. The van der Waals surface area contributed by atoms with E-state index in [0.29, 0.717) is 18.9 Å². The maximum atomic E-state index is 12.5. The quantitative estimate of drug-likeness (QED) is 0.790. The number of amides is 2. The topological polar surface area (TPSA) is 49.4 Å². The van der Waals surface area contributed by atoms with Crippen LogP contribution in [0.25, 0.3) is 0 Å². The first-order valence-electron chi connectivity index (χ1n) is 9.20. The molecule has 132 valence electrons. The molecule has 24 heavy (non-hydrogen) atoms. The predicted molar refractivity (Wildman–Crippen MR) is 98.0 cm³/mol. The molecule has 0 radical (unpaired) electrons. The molecule has 0 unspecified atom stereocenters. The molecule has 2 atom stereocenters. The fourth-order valence-electron chi connectivity index (χ4n) is 3.31. The van der Waals surface area contributed by atoms with Crippen LogP contribution in [0.5, 0.6) is 0 Å². The lowest BCUT2D eigenvalue weighted by atomic mass is 9.99. The van der Waals surface area contributed by atoms with E-state index in [4.69, 9.17) is 0 Å². The van der Waals surface area contributed by atoms with Gasteiger partial charge in [-0.15, -0.1) is 0 Å². The number of carbonyl (C=O) groups is 2. The largest absolute Gasteiger partial charge is 0.356 e. The molecule has 2 amide bonds. The number of unbranched alkanes of at least 4 members (excludes halogenated alkanes) is 1. The zero-order chi connectivity index (χ0) is 17.5. The predicted octanol–water partition coefficient (Wildman–Crippen LogP) is 3.68. The second kappa shape index (κ2) is 8.86. The summed E-state index contributed by atoms with van der Waals surface area (Å²) < 4.78 is 0. The number of nitrogens with one attached hydrogen (secondary N) is 1. The fourth-order valence-corrected chi connectivity index (χ4v) is 3.31. The van der Waals surface area contributed by atoms with Gasteiger partial charge in [0.15, 0.2) is 0 Å². The molecule has 0 spiro atoms. The van der Waals surface area contributed by atoms with Gasteiger partial charge in [-0.25, -0.2) is 0 Å². The lowest BCUT2D eigenvalue weighted by Gasteiger charge is -2.19. The molecule has 1 N–H and O–H groups in total. The number of nitrogens with zero attached hydrogens (tertiary/aromatic N) is 1. The molecular formula is C20H30N2O2. The van der Waals surface area contributed by atoms with Gasteiger partial charge < -0.3 is 10.2 Å². The molecule has 1 saturated heterocycles. The lowest BCUT2D eigenvalue weighted by molar-refractivity contribution is -0.126. The van der Waals surface area contributed by atoms with Crippen LogP contribution in [0.3, 0.4) is 0 Å². The van der Waals surface area contributed by atoms with E-state index in [1.807, 2.05) is 31.2 Å². The van der Waals surface area contributed by atoms with E-state index in [-0.39, 0.29) is 17.7 Å². The molecule has 1 aliphatic rings. The summed E-state index contributed by atoms with van der Waals surface area (Å²) in [7, 11) is 0. The van der Waals surface area contributed by atoms with Crippen molar-refractivity contribution in [3.8, 4) is 0 Å². The van der Waals surface area contributed by atoms with E-state index in [1.165, 1.54) is 12.8 Å². The van der Waals surface area contributed by atoms with E-state index in [2.05, 4.69) is 19.2 Å².